The smallest absolute Gasteiger partial charge is 0.139 e. The lowest BCUT2D eigenvalue weighted by Crippen LogP contribution is -2.10. The van der Waals surface area contributed by atoms with Gasteiger partial charge in [0, 0.05) is 17.8 Å². The van der Waals surface area contributed by atoms with E-state index in [4.69, 9.17) is 10.5 Å². The summed E-state index contributed by atoms with van der Waals surface area (Å²) in [5, 5.41) is 0. The molecule has 0 aliphatic carbocycles. The van der Waals surface area contributed by atoms with Gasteiger partial charge in [-0.05, 0) is 29.8 Å². The fourth-order valence-corrected chi connectivity index (χ4v) is 1.85. The van der Waals surface area contributed by atoms with Crippen molar-refractivity contribution in [3.63, 3.8) is 0 Å². The highest BCUT2D eigenvalue weighted by atomic mass is 79.9. The van der Waals surface area contributed by atoms with Crippen LogP contribution in [0.4, 0.5) is 0 Å². The molecule has 0 bridgehead atoms. The Labute approximate surface area is 86.4 Å². The summed E-state index contributed by atoms with van der Waals surface area (Å²) in [6.07, 6.45) is 1.71. The summed E-state index contributed by atoms with van der Waals surface area (Å²) < 4.78 is 6.08. The highest BCUT2D eigenvalue weighted by Crippen LogP contribution is 2.30. The van der Waals surface area contributed by atoms with Gasteiger partial charge in [-0.3, -0.25) is 4.98 Å². The van der Waals surface area contributed by atoms with E-state index in [0.29, 0.717) is 0 Å². The van der Waals surface area contributed by atoms with Crippen molar-refractivity contribution in [2.45, 2.75) is 19.9 Å². The van der Waals surface area contributed by atoms with Crippen LogP contribution in [0.25, 0.3) is 0 Å². The second-order valence-corrected chi connectivity index (χ2v) is 3.79. The number of pyridine rings is 1. The van der Waals surface area contributed by atoms with Gasteiger partial charge in [0.1, 0.15) is 5.75 Å². The molecule has 2 N–H and O–H groups in total. The molecule has 0 spiro atoms. The molecular weight excluding hydrogens is 232 g/mol. The quantitative estimate of drug-likeness (QED) is 0.868. The molecule has 4 heteroatoms. The van der Waals surface area contributed by atoms with E-state index in [9.17, 15) is 0 Å². The van der Waals surface area contributed by atoms with Gasteiger partial charge in [-0.15, -0.1) is 0 Å². The zero-order valence-corrected chi connectivity index (χ0v) is 9.55. The summed E-state index contributed by atoms with van der Waals surface area (Å²) in [7, 11) is 1.64. The van der Waals surface area contributed by atoms with Gasteiger partial charge in [0.25, 0.3) is 0 Å². The lowest BCUT2D eigenvalue weighted by molar-refractivity contribution is 0.406. The van der Waals surface area contributed by atoms with Crippen molar-refractivity contribution in [1.29, 1.82) is 0 Å². The van der Waals surface area contributed by atoms with Crippen molar-refractivity contribution in [1.82, 2.24) is 4.98 Å². The van der Waals surface area contributed by atoms with Crippen molar-refractivity contribution in [3.05, 3.63) is 21.9 Å². The SMILES string of the molecule is COc1c(Br)cnc(C(C)N)c1C. The number of hydrogen-bond donors (Lipinski definition) is 1. The van der Waals surface area contributed by atoms with Crippen molar-refractivity contribution in [2.75, 3.05) is 7.11 Å². The van der Waals surface area contributed by atoms with Crippen molar-refractivity contribution < 1.29 is 4.74 Å². The standard InChI is InChI=1S/C9H13BrN2O/c1-5-8(6(2)11)12-4-7(10)9(5)13-3/h4,6H,11H2,1-3H3. The number of hydrogen-bond acceptors (Lipinski definition) is 3. The summed E-state index contributed by atoms with van der Waals surface area (Å²) in [5.74, 6) is 0.808. The van der Waals surface area contributed by atoms with Crippen LogP contribution in [0.2, 0.25) is 0 Å². The maximum absolute atomic E-state index is 5.75. The maximum atomic E-state index is 5.75. The molecule has 72 valence electrons. The fraction of sp³-hybridized carbons (Fsp3) is 0.444. The van der Waals surface area contributed by atoms with Crippen LogP contribution in [-0.4, -0.2) is 12.1 Å². The molecule has 1 aromatic rings. The van der Waals surface area contributed by atoms with Gasteiger partial charge in [-0.2, -0.15) is 0 Å². The normalized spacial score (nSPS) is 12.7. The van der Waals surface area contributed by atoms with Crippen LogP contribution < -0.4 is 10.5 Å². The molecule has 0 amide bonds. The van der Waals surface area contributed by atoms with Crippen LogP contribution in [0.15, 0.2) is 10.7 Å². The van der Waals surface area contributed by atoms with Gasteiger partial charge in [0.15, 0.2) is 0 Å². The molecule has 1 unspecified atom stereocenters. The van der Waals surface area contributed by atoms with E-state index >= 15 is 0 Å². The zero-order valence-electron chi connectivity index (χ0n) is 7.97. The molecule has 0 radical (unpaired) electrons. The van der Waals surface area contributed by atoms with Crippen LogP contribution in [0.5, 0.6) is 5.75 Å². The van der Waals surface area contributed by atoms with Crippen LogP contribution in [0, 0.1) is 6.92 Å². The van der Waals surface area contributed by atoms with E-state index < -0.39 is 0 Å². The zero-order chi connectivity index (χ0) is 10.0. The summed E-state index contributed by atoms with van der Waals surface area (Å²) in [6.45, 7) is 3.86. The third kappa shape index (κ3) is 2.00. The molecule has 13 heavy (non-hydrogen) atoms. The van der Waals surface area contributed by atoms with Gasteiger partial charge in [-0.25, -0.2) is 0 Å². The van der Waals surface area contributed by atoms with Crippen molar-refractivity contribution >= 4 is 15.9 Å². The highest BCUT2D eigenvalue weighted by Gasteiger charge is 2.12. The Morgan fingerprint density at radius 3 is 2.69 bits per heavy atom. The molecule has 0 fully saturated rings. The lowest BCUT2D eigenvalue weighted by Gasteiger charge is -2.13. The topological polar surface area (TPSA) is 48.1 Å². The number of rotatable bonds is 2. The number of ether oxygens (including phenoxy) is 1. The highest BCUT2D eigenvalue weighted by molar-refractivity contribution is 9.10. The Bertz CT molecular complexity index is 313. The average Bonchev–Trinajstić information content (AvgIpc) is 2.04. The number of methoxy groups -OCH3 is 1. The van der Waals surface area contributed by atoms with Gasteiger partial charge >= 0.3 is 0 Å². The molecule has 1 atom stereocenters. The van der Waals surface area contributed by atoms with E-state index in [-0.39, 0.29) is 6.04 Å². The van der Waals surface area contributed by atoms with E-state index in [0.717, 1.165) is 21.5 Å². The van der Waals surface area contributed by atoms with Gasteiger partial charge in [-0.1, -0.05) is 0 Å². The van der Waals surface area contributed by atoms with Crippen LogP contribution >= 0.6 is 15.9 Å². The molecule has 1 rings (SSSR count). The van der Waals surface area contributed by atoms with Crippen molar-refractivity contribution in [3.8, 4) is 5.75 Å². The Morgan fingerprint density at radius 1 is 1.62 bits per heavy atom. The van der Waals surface area contributed by atoms with E-state index in [1.165, 1.54) is 0 Å². The van der Waals surface area contributed by atoms with Gasteiger partial charge in [0.2, 0.25) is 0 Å². The van der Waals surface area contributed by atoms with E-state index in [1.807, 2.05) is 13.8 Å². The molecule has 1 aromatic heterocycles. The summed E-state index contributed by atoms with van der Waals surface area (Å²) in [5.41, 5.74) is 7.62. The minimum atomic E-state index is -0.0676. The van der Waals surface area contributed by atoms with Gasteiger partial charge in [0.05, 0.1) is 17.3 Å². The fourth-order valence-electron chi connectivity index (χ4n) is 1.29. The first-order valence-electron chi connectivity index (χ1n) is 4.02. The molecule has 3 nitrogen and oxygen atoms in total. The Hall–Kier alpha value is -0.610. The number of nitrogens with zero attached hydrogens (tertiary/aromatic N) is 1. The van der Waals surface area contributed by atoms with E-state index in [2.05, 4.69) is 20.9 Å². The number of aromatic nitrogens is 1. The minimum absolute atomic E-state index is 0.0676. The molecule has 1 heterocycles. The monoisotopic (exact) mass is 244 g/mol. The summed E-state index contributed by atoms with van der Waals surface area (Å²) in [6, 6.07) is -0.0676. The second-order valence-electron chi connectivity index (χ2n) is 2.94. The molecule has 0 aromatic carbocycles. The Balaban J connectivity index is 3.27. The van der Waals surface area contributed by atoms with Gasteiger partial charge < -0.3 is 10.5 Å². The molecule has 0 aliphatic rings. The predicted molar refractivity (Wildman–Crippen MR) is 55.8 cm³/mol. The first kappa shape index (κ1) is 10.5. The Kier molecular flexibility index (Phi) is 3.27. The second kappa shape index (κ2) is 4.07. The molecular formula is C9H13BrN2O. The van der Waals surface area contributed by atoms with Crippen LogP contribution in [0.3, 0.4) is 0 Å². The lowest BCUT2D eigenvalue weighted by atomic mass is 10.1. The number of halogens is 1. The average molecular weight is 245 g/mol. The maximum Gasteiger partial charge on any atom is 0.139 e. The van der Waals surface area contributed by atoms with Crippen molar-refractivity contribution in [2.24, 2.45) is 5.73 Å². The first-order chi connectivity index (χ1) is 6.07. The molecule has 0 saturated heterocycles. The van der Waals surface area contributed by atoms with Crippen LogP contribution in [-0.2, 0) is 0 Å². The largest absolute Gasteiger partial charge is 0.495 e. The molecule has 0 aliphatic heterocycles. The third-order valence-corrected chi connectivity index (χ3v) is 2.46. The third-order valence-electron chi connectivity index (χ3n) is 1.89. The Morgan fingerprint density at radius 2 is 2.23 bits per heavy atom. The first-order valence-corrected chi connectivity index (χ1v) is 4.81. The predicted octanol–water partition coefficient (Wildman–Crippen LogP) is 2.18. The van der Waals surface area contributed by atoms with E-state index in [1.54, 1.807) is 13.3 Å². The minimum Gasteiger partial charge on any atom is -0.495 e. The molecule has 0 saturated carbocycles. The summed E-state index contributed by atoms with van der Waals surface area (Å²) >= 11 is 3.36. The summed E-state index contributed by atoms with van der Waals surface area (Å²) in [4.78, 5) is 4.23. The number of nitrogens with two attached hydrogens (primary N) is 1. The van der Waals surface area contributed by atoms with Crippen LogP contribution in [0.1, 0.15) is 24.2 Å².